The molecule has 0 saturated carbocycles. The molecule has 0 spiro atoms. The SMILES string of the molecule is Cc1cc(Oc2ccccc2C)c(C(N)=S)c(C)n1. The molecule has 2 N–H and O–H groups in total. The van der Waals surface area contributed by atoms with Crippen LogP contribution in [0, 0.1) is 20.8 Å². The van der Waals surface area contributed by atoms with Gasteiger partial charge in [-0.1, -0.05) is 30.4 Å². The van der Waals surface area contributed by atoms with Gasteiger partial charge in [0.1, 0.15) is 16.5 Å². The summed E-state index contributed by atoms with van der Waals surface area (Å²) in [5.41, 5.74) is 9.19. The number of para-hydroxylation sites is 1. The number of benzene rings is 1. The number of nitrogens with two attached hydrogens (primary N) is 1. The van der Waals surface area contributed by atoms with Gasteiger partial charge in [0, 0.05) is 11.8 Å². The van der Waals surface area contributed by atoms with Crippen molar-refractivity contribution in [1.82, 2.24) is 4.98 Å². The van der Waals surface area contributed by atoms with Crippen LogP contribution in [0.5, 0.6) is 11.5 Å². The molecular weight excluding hydrogens is 256 g/mol. The first-order valence-electron chi connectivity index (χ1n) is 6.00. The van der Waals surface area contributed by atoms with Gasteiger partial charge in [0.25, 0.3) is 0 Å². The maximum Gasteiger partial charge on any atom is 0.141 e. The van der Waals surface area contributed by atoms with Crippen molar-refractivity contribution < 1.29 is 4.74 Å². The molecule has 4 heteroatoms. The lowest BCUT2D eigenvalue weighted by atomic mass is 10.1. The van der Waals surface area contributed by atoms with E-state index in [2.05, 4.69) is 4.98 Å². The monoisotopic (exact) mass is 272 g/mol. The molecule has 1 aromatic carbocycles. The fourth-order valence-corrected chi connectivity index (χ4v) is 2.21. The smallest absolute Gasteiger partial charge is 0.141 e. The fourth-order valence-electron chi connectivity index (χ4n) is 1.96. The summed E-state index contributed by atoms with van der Waals surface area (Å²) in [6, 6.07) is 9.68. The lowest BCUT2D eigenvalue weighted by molar-refractivity contribution is 0.476. The molecule has 0 aliphatic rings. The van der Waals surface area contributed by atoms with Crippen LogP contribution in [0.2, 0.25) is 0 Å². The normalized spacial score (nSPS) is 10.3. The van der Waals surface area contributed by atoms with Gasteiger partial charge in [0.15, 0.2) is 0 Å². The molecule has 0 saturated heterocycles. The maximum atomic E-state index is 5.96. The number of ether oxygens (including phenoxy) is 1. The number of hydrogen-bond acceptors (Lipinski definition) is 3. The van der Waals surface area contributed by atoms with Gasteiger partial charge in [-0.25, -0.2) is 0 Å². The second kappa shape index (κ2) is 5.36. The minimum Gasteiger partial charge on any atom is -0.456 e. The van der Waals surface area contributed by atoms with Crippen molar-refractivity contribution in [3.05, 3.63) is 52.8 Å². The number of rotatable bonds is 3. The van der Waals surface area contributed by atoms with Crippen molar-refractivity contribution in [3.63, 3.8) is 0 Å². The average molecular weight is 272 g/mol. The first kappa shape index (κ1) is 13.5. The van der Waals surface area contributed by atoms with Gasteiger partial charge in [-0.3, -0.25) is 4.98 Å². The molecule has 0 atom stereocenters. The first-order chi connectivity index (χ1) is 8.99. The van der Waals surface area contributed by atoms with E-state index >= 15 is 0 Å². The number of thiocarbonyl (C=S) groups is 1. The summed E-state index contributed by atoms with van der Waals surface area (Å²) in [7, 11) is 0. The Morgan fingerprint density at radius 2 is 1.84 bits per heavy atom. The molecule has 98 valence electrons. The average Bonchev–Trinajstić information content (AvgIpc) is 2.30. The lowest BCUT2D eigenvalue weighted by Crippen LogP contribution is -2.14. The largest absolute Gasteiger partial charge is 0.456 e. The van der Waals surface area contributed by atoms with Crippen molar-refractivity contribution in [2.45, 2.75) is 20.8 Å². The van der Waals surface area contributed by atoms with E-state index in [4.69, 9.17) is 22.7 Å². The van der Waals surface area contributed by atoms with Gasteiger partial charge in [-0.2, -0.15) is 0 Å². The van der Waals surface area contributed by atoms with E-state index in [0.29, 0.717) is 16.3 Å². The molecule has 0 aliphatic carbocycles. The molecule has 0 aliphatic heterocycles. The van der Waals surface area contributed by atoms with Crippen LogP contribution in [0.25, 0.3) is 0 Å². The Balaban J connectivity index is 2.51. The topological polar surface area (TPSA) is 48.1 Å². The molecule has 19 heavy (non-hydrogen) atoms. The number of pyridine rings is 1. The Labute approximate surface area is 118 Å². The Morgan fingerprint density at radius 3 is 2.47 bits per heavy atom. The van der Waals surface area contributed by atoms with E-state index in [1.165, 1.54) is 0 Å². The second-order valence-corrected chi connectivity index (χ2v) is 4.89. The van der Waals surface area contributed by atoms with Gasteiger partial charge >= 0.3 is 0 Å². The Hall–Kier alpha value is -1.94. The van der Waals surface area contributed by atoms with Crippen LogP contribution < -0.4 is 10.5 Å². The minimum absolute atomic E-state index is 0.300. The molecule has 0 bridgehead atoms. The van der Waals surface area contributed by atoms with Gasteiger partial charge in [0.2, 0.25) is 0 Å². The summed E-state index contributed by atoms with van der Waals surface area (Å²) < 4.78 is 5.96. The molecular formula is C15H16N2OS. The van der Waals surface area contributed by atoms with Crippen LogP contribution in [-0.4, -0.2) is 9.97 Å². The number of hydrogen-bond donors (Lipinski definition) is 1. The standard InChI is InChI=1S/C15H16N2OS/c1-9-6-4-5-7-12(9)18-13-8-10(2)17-11(3)14(13)15(16)19/h4-8H,1-3H3,(H2,16,19). The first-order valence-corrected chi connectivity index (χ1v) is 6.41. The molecule has 0 unspecified atom stereocenters. The molecule has 2 aromatic rings. The van der Waals surface area contributed by atoms with Crippen LogP contribution in [0.15, 0.2) is 30.3 Å². The summed E-state index contributed by atoms with van der Waals surface area (Å²) in [6.07, 6.45) is 0. The summed E-state index contributed by atoms with van der Waals surface area (Å²) in [5.74, 6) is 1.46. The van der Waals surface area contributed by atoms with Crippen molar-refractivity contribution in [2.75, 3.05) is 0 Å². The third-order valence-electron chi connectivity index (χ3n) is 2.85. The molecule has 0 amide bonds. The lowest BCUT2D eigenvalue weighted by Gasteiger charge is -2.14. The van der Waals surface area contributed by atoms with Crippen molar-refractivity contribution in [3.8, 4) is 11.5 Å². The number of aryl methyl sites for hydroxylation is 3. The van der Waals surface area contributed by atoms with Crippen LogP contribution in [-0.2, 0) is 0 Å². The minimum atomic E-state index is 0.300. The highest BCUT2D eigenvalue weighted by atomic mass is 32.1. The van der Waals surface area contributed by atoms with E-state index in [0.717, 1.165) is 22.7 Å². The zero-order valence-corrected chi connectivity index (χ0v) is 12.0. The summed E-state index contributed by atoms with van der Waals surface area (Å²) in [4.78, 5) is 4.67. The van der Waals surface area contributed by atoms with Gasteiger partial charge in [0.05, 0.1) is 11.3 Å². The molecule has 0 radical (unpaired) electrons. The van der Waals surface area contributed by atoms with Crippen LogP contribution >= 0.6 is 12.2 Å². The van der Waals surface area contributed by atoms with Crippen LogP contribution in [0.4, 0.5) is 0 Å². The highest BCUT2D eigenvalue weighted by Gasteiger charge is 2.13. The summed E-state index contributed by atoms with van der Waals surface area (Å²) in [6.45, 7) is 5.80. The Kier molecular flexibility index (Phi) is 3.81. The van der Waals surface area contributed by atoms with E-state index in [1.54, 1.807) is 0 Å². The Morgan fingerprint density at radius 1 is 1.16 bits per heavy atom. The molecule has 1 aromatic heterocycles. The van der Waals surface area contributed by atoms with Gasteiger partial charge in [-0.05, 0) is 32.4 Å². The van der Waals surface area contributed by atoms with Crippen molar-refractivity contribution >= 4 is 17.2 Å². The fraction of sp³-hybridized carbons (Fsp3) is 0.200. The van der Waals surface area contributed by atoms with Crippen LogP contribution in [0.3, 0.4) is 0 Å². The predicted octanol–water partition coefficient (Wildman–Crippen LogP) is 3.43. The molecule has 0 fully saturated rings. The van der Waals surface area contributed by atoms with E-state index in [1.807, 2.05) is 51.1 Å². The molecule has 2 rings (SSSR count). The summed E-state index contributed by atoms with van der Waals surface area (Å²) in [5, 5.41) is 0. The third kappa shape index (κ3) is 2.90. The summed E-state index contributed by atoms with van der Waals surface area (Å²) >= 11 is 5.09. The zero-order valence-electron chi connectivity index (χ0n) is 11.2. The van der Waals surface area contributed by atoms with Crippen molar-refractivity contribution in [1.29, 1.82) is 0 Å². The quantitative estimate of drug-likeness (QED) is 0.870. The number of aromatic nitrogens is 1. The van der Waals surface area contributed by atoms with Crippen LogP contribution in [0.1, 0.15) is 22.5 Å². The Bertz CT molecular complexity index is 638. The van der Waals surface area contributed by atoms with Gasteiger partial charge in [-0.15, -0.1) is 0 Å². The zero-order chi connectivity index (χ0) is 14.0. The van der Waals surface area contributed by atoms with Gasteiger partial charge < -0.3 is 10.5 Å². The predicted molar refractivity (Wildman–Crippen MR) is 80.9 cm³/mol. The third-order valence-corrected chi connectivity index (χ3v) is 3.06. The highest BCUT2D eigenvalue weighted by Crippen LogP contribution is 2.29. The highest BCUT2D eigenvalue weighted by molar-refractivity contribution is 7.80. The molecule has 1 heterocycles. The molecule has 3 nitrogen and oxygen atoms in total. The second-order valence-electron chi connectivity index (χ2n) is 4.45. The maximum absolute atomic E-state index is 5.96. The van der Waals surface area contributed by atoms with E-state index in [-0.39, 0.29) is 0 Å². The van der Waals surface area contributed by atoms with E-state index < -0.39 is 0 Å². The van der Waals surface area contributed by atoms with E-state index in [9.17, 15) is 0 Å². The number of nitrogens with zero attached hydrogens (tertiary/aromatic N) is 1. The van der Waals surface area contributed by atoms with Crippen molar-refractivity contribution in [2.24, 2.45) is 5.73 Å².